The summed E-state index contributed by atoms with van der Waals surface area (Å²) in [5, 5.41) is 0.246. The summed E-state index contributed by atoms with van der Waals surface area (Å²) in [7, 11) is -1.68. The Morgan fingerprint density at radius 1 is 1.32 bits per heavy atom. The van der Waals surface area contributed by atoms with Crippen LogP contribution in [0.1, 0.15) is 37.9 Å². The van der Waals surface area contributed by atoms with Gasteiger partial charge in [-0.1, -0.05) is 26.8 Å². The van der Waals surface area contributed by atoms with Gasteiger partial charge in [-0.3, -0.25) is 4.98 Å². The highest BCUT2D eigenvalue weighted by molar-refractivity contribution is 6.74. The molecule has 0 aliphatic carbocycles. The molecule has 19 heavy (non-hydrogen) atoms. The van der Waals surface area contributed by atoms with Crippen molar-refractivity contribution in [1.29, 1.82) is 0 Å². The fraction of sp³-hybridized carbons (Fsp3) is 0.667. The molecule has 0 spiro atoms. The maximum Gasteiger partial charge on any atom is 0.192 e. The van der Waals surface area contributed by atoms with Gasteiger partial charge in [0, 0.05) is 12.1 Å². The van der Waals surface area contributed by atoms with Crippen LogP contribution in [0.25, 0.3) is 0 Å². The SMILES string of the molecule is CC(C)(C)[Si](C)(C)OCc1ccc(C2COC2)cn1. The maximum atomic E-state index is 6.17. The van der Waals surface area contributed by atoms with E-state index in [1.165, 1.54) is 5.56 Å². The van der Waals surface area contributed by atoms with E-state index in [-0.39, 0.29) is 5.04 Å². The van der Waals surface area contributed by atoms with Crippen LogP contribution in [0.2, 0.25) is 18.1 Å². The van der Waals surface area contributed by atoms with E-state index >= 15 is 0 Å². The molecule has 2 heterocycles. The van der Waals surface area contributed by atoms with Crippen LogP contribution < -0.4 is 0 Å². The number of nitrogens with zero attached hydrogens (tertiary/aromatic N) is 1. The first kappa shape index (κ1) is 14.7. The maximum absolute atomic E-state index is 6.17. The van der Waals surface area contributed by atoms with Crippen LogP contribution in [0.5, 0.6) is 0 Å². The van der Waals surface area contributed by atoms with E-state index in [2.05, 4.69) is 51.0 Å². The fourth-order valence-corrected chi connectivity index (χ4v) is 2.60. The van der Waals surface area contributed by atoms with E-state index < -0.39 is 8.32 Å². The third-order valence-electron chi connectivity index (χ3n) is 4.34. The van der Waals surface area contributed by atoms with Crippen LogP contribution >= 0.6 is 0 Å². The number of pyridine rings is 1. The van der Waals surface area contributed by atoms with Crippen LogP contribution in [0.15, 0.2) is 18.3 Å². The molecule has 2 rings (SSSR count). The van der Waals surface area contributed by atoms with E-state index in [0.717, 1.165) is 18.9 Å². The van der Waals surface area contributed by atoms with E-state index in [9.17, 15) is 0 Å². The average molecular weight is 279 g/mol. The summed E-state index contributed by atoms with van der Waals surface area (Å²) < 4.78 is 11.4. The zero-order chi connectivity index (χ0) is 14.1. The third-order valence-corrected chi connectivity index (χ3v) is 8.82. The molecule has 1 aromatic heterocycles. The average Bonchev–Trinajstić information content (AvgIpc) is 2.24. The van der Waals surface area contributed by atoms with Gasteiger partial charge >= 0.3 is 0 Å². The van der Waals surface area contributed by atoms with Gasteiger partial charge < -0.3 is 9.16 Å². The second-order valence-electron chi connectivity index (χ2n) is 6.87. The highest BCUT2D eigenvalue weighted by Crippen LogP contribution is 2.37. The molecule has 1 saturated heterocycles. The predicted molar refractivity (Wildman–Crippen MR) is 79.8 cm³/mol. The van der Waals surface area contributed by atoms with E-state index in [1.54, 1.807) is 0 Å². The smallest absolute Gasteiger partial charge is 0.192 e. The molecule has 1 fully saturated rings. The predicted octanol–water partition coefficient (Wildman–Crippen LogP) is 3.72. The lowest BCUT2D eigenvalue weighted by Gasteiger charge is -2.36. The monoisotopic (exact) mass is 279 g/mol. The van der Waals surface area contributed by atoms with Crippen molar-refractivity contribution in [2.75, 3.05) is 13.2 Å². The van der Waals surface area contributed by atoms with Gasteiger partial charge in [0.15, 0.2) is 8.32 Å². The molecule has 1 aliphatic heterocycles. The van der Waals surface area contributed by atoms with Crippen molar-refractivity contribution in [1.82, 2.24) is 4.98 Å². The molecule has 4 heteroatoms. The summed E-state index contributed by atoms with van der Waals surface area (Å²) in [5.74, 6) is 0.544. The van der Waals surface area contributed by atoms with E-state index in [1.807, 2.05) is 6.20 Å². The molecule has 106 valence electrons. The van der Waals surface area contributed by atoms with E-state index in [4.69, 9.17) is 9.16 Å². The van der Waals surface area contributed by atoms with Crippen LogP contribution in [-0.2, 0) is 15.8 Å². The van der Waals surface area contributed by atoms with Gasteiger partial charge in [-0.2, -0.15) is 0 Å². The second-order valence-corrected chi connectivity index (χ2v) is 11.7. The minimum absolute atomic E-state index is 0.246. The van der Waals surface area contributed by atoms with Gasteiger partial charge in [0.05, 0.1) is 25.5 Å². The molecule has 0 atom stereocenters. The van der Waals surface area contributed by atoms with Gasteiger partial charge in [0.2, 0.25) is 0 Å². The largest absolute Gasteiger partial charge is 0.411 e. The molecule has 0 bridgehead atoms. The molecule has 0 radical (unpaired) electrons. The summed E-state index contributed by atoms with van der Waals surface area (Å²) in [5.41, 5.74) is 2.30. The minimum Gasteiger partial charge on any atom is -0.411 e. The van der Waals surface area contributed by atoms with Crippen molar-refractivity contribution in [2.45, 2.75) is 51.4 Å². The van der Waals surface area contributed by atoms with Gasteiger partial charge in [-0.25, -0.2) is 0 Å². The van der Waals surface area contributed by atoms with Crippen LogP contribution in [-0.4, -0.2) is 26.5 Å². The molecule has 1 aliphatic rings. The Bertz CT molecular complexity index is 419. The summed E-state index contributed by atoms with van der Waals surface area (Å²) in [6.45, 7) is 13.6. The number of ether oxygens (including phenoxy) is 1. The third kappa shape index (κ3) is 3.44. The van der Waals surface area contributed by atoms with Gasteiger partial charge in [0.25, 0.3) is 0 Å². The highest BCUT2D eigenvalue weighted by Gasteiger charge is 2.37. The summed E-state index contributed by atoms with van der Waals surface area (Å²) in [6, 6.07) is 4.24. The van der Waals surface area contributed by atoms with Crippen molar-refractivity contribution in [2.24, 2.45) is 0 Å². The molecular formula is C15H25NO2Si. The van der Waals surface area contributed by atoms with Crippen molar-refractivity contribution in [3.8, 4) is 0 Å². The highest BCUT2D eigenvalue weighted by atomic mass is 28.4. The lowest BCUT2D eigenvalue weighted by molar-refractivity contribution is 0.00827. The molecular weight excluding hydrogens is 254 g/mol. The topological polar surface area (TPSA) is 31.4 Å². The molecule has 0 unspecified atom stereocenters. The van der Waals surface area contributed by atoms with E-state index in [0.29, 0.717) is 12.5 Å². The molecule has 0 aromatic carbocycles. The van der Waals surface area contributed by atoms with Gasteiger partial charge in [-0.15, -0.1) is 0 Å². The first-order valence-corrected chi connectivity index (χ1v) is 9.87. The van der Waals surface area contributed by atoms with Crippen LogP contribution in [0.4, 0.5) is 0 Å². The molecule has 0 amide bonds. The number of aromatic nitrogens is 1. The minimum atomic E-state index is -1.68. The Balaban J connectivity index is 1.93. The molecule has 3 nitrogen and oxygen atoms in total. The van der Waals surface area contributed by atoms with Gasteiger partial charge in [0.1, 0.15) is 0 Å². The van der Waals surface area contributed by atoms with Crippen molar-refractivity contribution in [3.63, 3.8) is 0 Å². The Labute approximate surface area is 117 Å². The first-order chi connectivity index (χ1) is 8.79. The molecule has 1 aromatic rings. The Kier molecular flexibility index (Phi) is 4.13. The zero-order valence-corrected chi connectivity index (χ0v) is 13.7. The second kappa shape index (κ2) is 5.35. The lowest BCUT2D eigenvalue weighted by atomic mass is 9.99. The van der Waals surface area contributed by atoms with Crippen LogP contribution in [0, 0.1) is 0 Å². The summed E-state index contributed by atoms with van der Waals surface area (Å²) in [4.78, 5) is 4.51. The van der Waals surface area contributed by atoms with Crippen molar-refractivity contribution in [3.05, 3.63) is 29.6 Å². The standard InChI is InChI=1S/C15H25NO2Si/c1-15(2,3)19(4,5)18-11-14-7-6-12(8-16-14)13-9-17-10-13/h6-8,13H,9-11H2,1-5H3. The molecule has 0 saturated carbocycles. The lowest BCUT2D eigenvalue weighted by Crippen LogP contribution is -2.40. The summed E-state index contributed by atoms with van der Waals surface area (Å²) in [6.07, 6.45) is 1.97. The Morgan fingerprint density at radius 3 is 2.42 bits per heavy atom. The fourth-order valence-electron chi connectivity index (χ4n) is 1.66. The van der Waals surface area contributed by atoms with Crippen LogP contribution in [0.3, 0.4) is 0 Å². The first-order valence-electron chi connectivity index (χ1n) is 6.96. The Hall–Kier alpha value is -0.713. The zero-order valence-electron chi connectivity index (χ0n) is 12.7. The number of rotatable bonds is 4. The van der Waals surface area contributed by atoms with Gasteiger partial charge in [-0.05, 0) is 29.8 Å². The quantitative estimate of drug-likeness (QED) is 0.787. The normalized spacial score (nSPS) is 17.3. The number of hydrogen-bond acceptors (Lipinski definition) is 3. The Morgan fingerprint density at radius 2 is 2.00 bits per heavy atom. The van der Waals surface area contributed by atoms with Crippen molar-refractivity contribution >= 4 is 8.32 Å². The molecule has 0 N–H and O–H groups in total. The summed E-state index contributed by atoms with van der Waals surface area (Å²) >= 11 is 0. The van der Waals surface area contributed by atoms with Crippen molar-refractivity contribution < 1.29 is 9.16 Å². The number of hydrogen-bond donors (Lipinski definition) is 0.